The summed E-state index contributed by atoms with van der Waals surface area (Å²) in [5.74, 6) is 0.862. The van der Waals surface area contributed by atoms with Crippen molar-refractivity contribution in [2.75, 3.05) is 18.5 Å². The maximum atomic E-state index is 11.2. The molecule has 0 aliphatic rings. The lowest BCUT2D eigenvalue weighted by Crippen LogP contribution is -2.13. The van der Waals surface area contributed by atoms with Crippen molar-refractivity contribution in [2.24, 2.45) is 0 Å². The van der Waals surface area contributed by atoms with Gasteiger partial charge in [0.05, 0.1) is 18.5 Å². The molecule has 20 heavy (non-hydrogen) atoms. The van der Waals surface area contributed by atoms with Crippen LogP contribution in [0.4, 0.5) is 5.69 Å². The molecule has 6 heteroatoms. The Morgan fingerprint density at radius 3 is 3.10 bits per heavy atom. The third kappa shape index (κ3) is 3.99. The minimum absolute atomic E-state index is 0.125. The van der Waals surface area contributed by atoms with Gasteiger partial charge < -0.3 is 10.1 Å². The number of hydrogen-bond donors (Lipinski definition) is 2. The highest BCUT2D eigenvalue weighted by Crippen LogP contribution is 2.15. The standard InChI is InChI=1S/C14H16ClN3O2/c1-10-4-2-5-11(8-10)20-7-3-6-16-12-9-17-18-14(19)13(12)15/h2,4-5,8-9H,3,6-7H2,1H3,(H2,16,18,19). The fraction of sp³-hybridized carbons (Fsp3) is 0.286. The summed E-state index contributed by atoms with van der Waals surface area (Å²) in [6.45, 7) is 3.26. The predicted octanol–water partition coefficient (Wildman–Crippen LogP) is 2.61. The summed E-state index contributed by atoms with van der Waals surface area (Å²) in [7, 11) is 0. The Balaban J connectivity index is 1.74. The van der Waals surface area contributed by atoms with Crippen molar-refractivity contribution in [3.8, 4) is 5.75 Å². The molecule has 0 aliphatic heterocycles. The van der Waals surface area contributed by atoms with Gasteiger partial charge in [0, 0.05) is 6.54 Å². The number of aryl methyl sites for hydroxylation is 1. The van der Waals surface area contributed by atoms with Gasteiger partial charge in [-0.05, 0) is 31.0 Å². The van der Waals surface area contributed by atoms with E-state index in [1.165, 1.54) is 11.8 Å². The van der Waals surface area contributed by atoms with E-state index in [9.17, 15) is 4.79 Å². The molecule has 2 N–H and O–H groups in total. The molecule has 0 bridgehead atoms. The number of aromatic nitrogens is 2. The van der Waals surface area contributed by atoms with Crippen LogP contribution in [0.5, 0.6) is 5.75 Å². The highest BCUT2D eigenvalue weighted by Gasteiger charge is 2.03. The smallest absolute Gasteiger partial charge is 0.285 e. The fourth-order valence-electron chi connectivity index (χ4n) is 1.70. The largest absolute Gasteiger partial charge is 0.494 e. The van der Waals surface area contributed by atoms with Crippen LogP contribution in [0, 0.1) is 6.92 Å². The number of hydrogen-bond acceptors (Lipinski definition) is 4. The second-order valence-electron chi connectivity index (χ2n) is 4.37. The third-order valence-corrected chi connectivity index (χ3v) is 3.07. The van der Waals surface area contributed by atoms with Gasteiger partial charge in [-0.25, -0.2) is 5.10 Å². The molecule has 0 fully saturated rings. The van der Waals surface area contributed by atoms with E-state index < -0.39 is 5.56 Å². The van der Waals surface area contributed by atoms with Crippen LogP contribution >= 0.6 is 11.6 Å². The molecule has 0 radical (unpaired) electrons. The fourth-order valence-corrected chi connectivity index (χ4v) is 1.86. The van der Waals surface area contributed by atoms with E-state index in [2.05, 4.69) is 15.5 Å². The normalized spacial score (nSPS) is 10.3. The van der Waals surface area contributed by atoms with Crippen molar-refractivity contribution in [3.05, 3.63) is 51.4 Å². The summed E-state index contributed by atoms with van der Waals surface area (Å²) in [5.41, 5.74) is 1.31. The summed E-state index contributed by atoms with van der Waals surface area (Å²) in [6, 6.07) is 7.91. The van der Waals surface area contributed by atoms with Gasteiger partial charge in [0.25, 0.3) is 5.56 Å². The van der Waals surface area contributed by atoms with Crippen molar-refractivity contribution < 1.29 is 4.74 Å². The molecule has 2 aromatic rings. The van der Waals surface area contributed by atoms with Crippen molar-refractivity contribution in [2.45, 2.75) is 13.3 Å². The molecule has 5 nitrogen and oxygen atoms in total. The molecule has 1 aromatic carbocycles. The predicted molar refractivity (Wildman–Crippen MR) is 79.6 cm³/mol. The Kier molecular flexibility index (Phi) is 5.01. The molecule has 2 rings (SSSR count). The summed E-state index contributed by atoms with van der Waals surface area (Å²) in [6.07, 6.45) is 2.28. The topological polar surface area (TPSA) is 67.0 Å². The maximum Gasteiger partial charge on any atom is 0.285 e. The van der Waals surface area contributed by atoms with Gasteiger partial charge in [0.1, 0.15) is 10.8 Å². The number of benzene rings is 1. The van der Waals surface area contributed by atoms with Crippen molar-refractivity contribution in [3.63, 3.8) is 0 Å². The van der Waals surface area contributed by atoms with E-state index in [0.717, 1.165) is 12.2 Å². The third-order valence-electron chi connectivity index (χ3n) is 2.69. The first-order valence-electron chi connectivity index (χ1n) is 6.33. The molecule has 0 atom stereocenters. The number of ether oxygens (including phenoxy) is 1. The molecular weight excluding hydrogens is 278 g/mol. The number of aromatic amines is 1. The molecule has 0 amide bonds. The van der Waals surface area contributed by atoms with Crippen LogP contribution in [0.15, 0.2) is 35.3 Å². The number of halogens is 1. The van der Waals surface area contributed by atoms with Gasteiger partial charge in [0.2, 0.25) is 0 Å². The monoisotopic (exact) mass is 293 g/mol. The zero-order valence-electron chi connectivity index (χ0n) is 11.1. The lowest BCUT2D eigenvalue weighted by molar-refractivity contribution is 0.315. The van der Waals surface area contributed by atoms with Crippen LogP contribution in [-0.2, 0) is 0 Å². The second-order valence-corrected chi connectivity index (χ2v) is 4.75. The number of anilines is 1. The van der Waals surface area contributed by atoms with E-state index in [0.29, 0.717) is 18.8 Å². The van der Waals surface area contributed by atoms with Crippen LogP contribution in [0.1, 0.15) is 12.0 Å². The lowest BCUT2D eigenvalue weighted by atomic mass is 10.2. The summed E-state index contributed by atoms with van der Waals surface area (Å²) in [4.78, 5) is 11.2. The molecule has 0 spiro atoms. The van der Waals surface area contributed by atoms with Crippen LogP contribution in [0.25, 0.3) is 0 Å². The van der Waals surface area contributed by atoms with E-state index in [-0.39, 0.29) is 5.02 Å². The summed E-state index contributed by atoms with van der Waals surface area (Å²) >= 11 is 5.84. The first-order chi connectivity index (χ1) is 9.66. The SMILES string of the molecule is Cc1cccc(OCCCNc2cn[nH]c(=O)c2Cl)c1. The molecule has 106 valence electrons. The molecule has 1 heterocycles. The molecule has 0 unspecified atom stereocenters. The first kappa shape index (κ1) is 14.4. The summed E-state index contributed by atoms with van der Waals surface area (Å²) in [5, 5.41) is 9.13. The van der Waals surface area contributed by atoms with Gasteiger partial charge in [-0.2, -0.15) is 5.10 Å². The maximum absolute atomic E-state index is 11.2. The number of nitrogens with one attached hydrogen (secondary N) is 2. The Bertz CT molecular complexity index is 628. The quantitative estimate of drug-likeness (QED) is 0.804. The van der Waals surface area contributed by atoms with E-state index in [1.54, 1.807) is 0 Å². The highest BCUT2D eigenvalue weighted by atomic mass is 35.5. The first-order valence-corrected chi connectivity index (χ1v) is 6.71. The van der Waals surface area contributed by atoms with E-state index >= 15 is 0 Å². The Morgan fingerprint density at radius 1 is 1.45 bits per heavy atom. The summed E-state index contributed by atoms with van der Waals surface area (Å²) < 4.78 is 5.62. The number of nitrogens with zero attached hydrogens (tertiary/aromatic N) is 1. The van der Waals surface area contributed by atoms with Gasteiger partial charge >= 0.3 is 0 Å². The van der Waals surface area contributed by atoms with Gasteiger partial charge in [-0.15, -0.1) is 0 Å². The minimum atomic E-state index is -0.396. The van der Waals surface area contributed by atoms with Crippen LogP contribution in [-0.4, -0.2) is 23.3 Å². The van der Waals surface area contributed by atoms with Crippen molar-refractivity contribution >= 4 is 17.3 Å². The Labute approximate surface area is 121 Å². The average Bonchev–Trinajstić information content (AvgIpc) is 2.43. The van der Waals surface area contributed by atoms with Gasteiger partial charge in [-0.1, -0.05) is 23.7 Å². The van der Waals surface area contributed by atoms with Crippen molar-refractivity contribution in [1.29, 1.82) is 0 Å². The molecular formula is C14H16ClN3O2. The average molecular weight is 294 g/mol. The van der Waals surface area contributed by atoms with Crippen LogP contribution in [0.3, 0.4) is 0 Å². The highest BCUT2D eigenvalue weighted by molar-refractivity contribution is 6.32. The van der Waals surface area contributed by atoms with Gasteiger partial charge in [-0.3, -0.25) is 4.79 Å². The minimum Gasteiger partial charge on any atom is -0.494 e. The van der Waals surface area contributed by atoms with Crippen molar-refractivity contribution in [1.82, 2.24) is 10.2 Å². The zero-order chi connectivity index (χ0) is 14.4. The molecule has 0 saturated heterocycles. The van der Waals surface area contributed by atoms with E-state index in [1.807, 2.05) is 31.2 Å². The number of rotatable bonds is 6. The molecule has 0 saturated carbocycles. The number of H-pyrrole nitrogens is 1. The van der Waals surface area contributed by atoms with E-state index in [4.69, 9.17) is 16.3 Å². The Morgan fingerprint density at radius 2 is 2.30 bits per heavy atom. The molecule has 0 aliphatic carbocycles. The lowest BCUT2D eigenvalue weighted by Gasteiger charge is -2.09. The Hall–Kier alpha value is -2.01. The van der Waals surface area contributed by atoms with Crippen LogP contribution < -0.4 is 15.6 Å². The zero-order valence-corrected chi connectivity index (χ0v) is 11.9. The van der Waals surface area contributed by atoms with Crippen LogP contribution in [0.2, 0.25) is 5.02 Å². The molecule has 1 aromatic heterocycles. The second kappa shape index (κ2) is 6.96. The van der Waals surface area contributed by atoms with Gasteiger partial charge in [0.15, 0.2) is 0 Å².